The van der Waals surface area contributed by atoms with Crippen molar-refractivity contribution < 1.29 is 5.11 Å². The van der Waals surface area contributed by atoms with Crippen LogP contribution in [0.5, 0.6) is 5.75 Å². The van der Waals surface area contributed by atoms with Crippen molar-refractivity contribution in [2.75, 3.05) is 6.54 Å². The molecule has 2 N–H and O–H groups in total. The largest absolute Gasteiger partial charge is 0.508 e. The molecule has 0 aliphatic carbocycles. The number of hydrogen-bond donors (Lipinski definition) is 2. The van der Waals surface area contributed by atoms with Crippen LogP contribution >= 0.6 is 0 Å². The minimum atomic E-state index is 0.344. The van der Waals surface area contributed by atoms with Gasteiger partial charge in [0.05, 0.1) is 0 Å². The highest BCUT2D eigenvalue weighted by molar-refractivity contribution is 5.26. The van der Waals surface area contributed by atoms with Crippen molar-refractivity contribution in [2.45, 2.75) is 33.2 Å². The Hall–Kier alpha value is -1.02. The van der Waals surface area contributed by atoms with Gasteiger partial charge in [-0.1, -0.05) is 38.8 Å². The number of benzene rings is 1. The number of aromatic hydroxyl groups is 1. The molecule has 0 aromatic heterocycles. The van der Waals surface area contributed by atoms with E-state index in [0.29, 0.717) is 5.75 Å². The van der Waals surface area contributed by atoms with Crippen molar-refractivity contribution in [3.05, 3.63) is 29.8 Å². The number of rotatable bonds is 6. The summed E-state index contributed by atoms with van der Waals surface area (Å²) in [5.74, 6) is 1.11. The van der Waals surface area contributed by atoms with Gasteiger partial charge in [-0.3, -0.25) is 0 Å². The summed E-state index contributed by atoms with van der Waals surface area (Å²) < 4.78 is 0. The molecule has 2 nitrogen and oxygen atoms in total. The lowest BCUT2D eigenvalue weighted by Crippen LogP contribution is -2.21. The fourth-order valence-electron chi connectivity index (χ4n) is 1.66. The number of hydrogen-bond acceptors (Lipinski definition) is 2. The molecule has 0 radical (unpaired) electrons. The molecule has 0 spiro atoms. The monoisotopic (exact) mass is 207 g/mol. The third-order valence-electron chi connectivity index (χ3n) is 2.83. The maximum absolute atomic E-state index is 9.29. The van der Waals surface area contributed by atoms with Crippen LogP contribution in [0.1, 0.15) is 32.3 Å². The maximum Gasteiger partial charge on any atom is 0.115 e. The van der Waals surface area contributed by atoms with Crippen molar-refractivity contribution in [3.8, 4) is 5.75 Å². The second kappa shape index (κ2) is 6.46. The predicted molar refractivity (Wildman–Crippen MR) is 63.9 cm³/mol. The molecule has 0 atom stereocenters. The van der Waals surface area contributed by atoms with E-state index in [1.807, 2.05) is 12.1 Å². The van der Waals surface area contributed by atoms with E-state index in [2.05, 4.69) is 19.2 Å². The maximum atomic E-state index is 9.29. The van der Waals surface area contributed by atoms with Gasteiger partial charge in [0.2, 0.25) is 0 Å². The molecule has 0 saturated carbocycles. The molecule has 1 aromatic carbocycles. The normalized spacial score (nSPS) is 10.9. The smallest absolute Gasteiger partial charge is 0.115 e. The van der Waals surface area contributed by atoms with Crippen LogP contribution in [0.25, 0.3) is 0 Å². The first-order valence-electron chi connectivity index (χ1n) is 5.74. The lowest BCUT2D eigenvalue weighted by atomic mass is 10.0. The average Bonchev–Trinajstić information content (AvgIpc) is 2.25. The van der Waals surface area contributed by atoms with E-state index in [1.54, 1.807) is 12.1 Å². The van der Waals surface area contributed by atoms with Gasteiger partial charge in [0, 0.05) is 6.54 Å². The number of nitrogens with one attached hydrogen (secondary N) is 1. The van der Waals surface area contributed by atoms with Crippen molar-refractivity contribution >= 4 is 0 Å². The van der Waals surface area contributed by atoms with Crippen molar-refractivity contribution in [2.24, 2.45) is 5.92 Å². The fraction of sp³-hybridized carbons (Fsp3) is 0.538. The van der Waals surface area contributed by atoms with Gasteiger partial charge < -0.3 is 10.4 Å². The summed E-state index contributed by atoms with van der Waals surface area (Å²) in [6.45, 7) is 6.35. The van der Waals surface area contributed by atoms with E-state index in [1.165, 1.54) is 12.8 Å². The van der Waals surface area contributed by atoms with Crippen LogP contribution < -0.4 is 5.32 Å². The molecule has 0 heterocycles. The quantitative estimate of drug-likeness (QED) is 0.751. The zero-order chi connectivity index (χ0) is 11.1. The first kappa shape index (κ1) is 12.1. The molecule has 1 rings (SSSR count). The second-order valence-corrected chi connectivity index (χ2v) is 3.98. The van der Waals surface area contributed by atoms with Crippen LogP contribution in [-0.4, -0.2) is 11.7 Å². The summed E-state index contributed by atoms with van der Waals surface area (Å²) in [6.07, 6.45) is 2.45. The summed E-state index contributed by atoms with van der Waals surface area (Å²) in [7, 11) is 0. The van der Waals surface area contributed by atoms with E-state index in [9.17, 15) is 5.11 Å². The van der Waals surface area contributed by atoms with E-state index < -0.39 is 0 Å². The van der Waals surface area contributed by atoms with Crippen LogP contribution in [0.2, 0.25) is 0 Å². The fourth-order valence-corrected chi connectivity index (χ4v) is 1.66. The summed E-state index contributed by atoms with van der Waals surface area (Å²) in [4.78, 5) is 0. The van der Waals surface area contributed by atoms with Crippen molar-refractivity contribution in [1.29, 1.82) is 0 Å². The van der Waals surface area contributed by atoms with Gasteiger partial charge in [-0.2, -0.15) is 0 Å². The van der Waals surface area contributed by atoms with E-state index in [4.69, 9.17) is 0 Å². The van der Waals surface area contributed by atoms with Crippen molar-refractivity contribution in [3.63, 3.8) is 0 Å². The molecular weight excluding hydrogens is 186 g/mol. The molecule has 2 heteroatoms. The molecule has 0 amide bonds. The van der Waals surface area contributed by atoms with Crippen LogP contribution in [0, 0.1) is 5.92 Å². The third-order valence-corrected chi connectivity index (χ3v) is 2.83. The molecule has 84 valence electrons. The van der Waals surface area contributed by atoms with E-state index >= 15 is 0 Å². The first-order chi connectivity index (χ1) is 7.26. The van der Waals surface area contributed by atoms with Gasteiger partial charge in [0.1, 0.15) is 5.75 Å². The van der Waals surface area contributed by atoms with Gasteiger partial charge in [-0.05, 0) is 30.2 Å². The highest BCUT2D eigenvalue weighted by Gasteiger charge is 2.02. The molecule has 0 aliphatic rings. The van der Waals surface area contributed by atoms with Crippen molar-refractivity contribution in [1.82, 2.24) is 5.32 Å². The molecule has 15 heavy (non-hydrogen) atoms. The number of phenols is 1. The summed E-state index contributed by atoms with van der Waals surface area (Å²) in [5.41, 5.74) is 1.14. The summed E-state index contributed by atoms with van der Waals surface area (Å²) in [5, 5.41) is 12.7. The predicted octanol–water partition coefficient (Wildman–Crippen LogP) is 2.92. The Morgan fingerprint density at radius 2 is 2.00 bits per heavy atom. The molecular formula is C13H21NO. The van der Waals surface area contributed by atoms with Gasteiger partial charge in [0.25, 0.3) is 0 Å². The second-order valence-electron chi connectivity index (χ2n) is 3.98. The molecule has 1 aromatic rings. The summed E-state index contributed by atoms with van der Waals surface area (Å²) >= 11 is 0. The Morgan fingerprint density at radius 1 is 1.27 bits per heavy atom. The average molecular weight is 207 g/mol. The summed E-state index contributed by atoms with van der Waals surface area (Å²) in [6, 6.07) is 7.41. The zero-order valence-electron chi connectivity index (χ0n) is 9.66. The van der Waals surface area contributed by atoms with Gasteiger partial charge in [-0.25, -0.2) is 0 Å². The Kier molecular flexibility index (Phi) is 5.19. The Balaban J connectivity index is 2.31. The Labute approximate surface area is 92.3 Å². The number of phenolic OH excluding ortho intramolecular Hbond substituents is 1. The van der Waals surface area contributed by atoms with Crippen LogP contribution in [0.3, 0.4) is 0 Å². The SMILES string of the molecule is CCC(CC)CNCc1cccc(O)c1. The Bertz CT molecular complexity index is 282. The standard InChI is InChI=1S/C13H21NO/c1-3-11(4-2)9-14-10-12-6-5-7-13(15)8-12/h5-8,11,14-15H,3-4,9-10H2,1-2H3. The van der Waals surface area contributed by atoms with Crippen LogP contribution in [0.15, 0.2) is 24.3 Å². The van der Waals surface area contributed by atoms with Gasteiger partial charge in [-0.15, -0.1) is 0 Å². The minimum Gasteiger partial charge on any atom is -0.508 e. The first-order valence-corrected chi connectivity index (χ1v) is 5.74. The van der Waals surface area contributed by atoms with Gasteiger partial charge >= 0.3 is 0 Å². The molecule has 0 fully saturated rings. The molecule has 0 saturated heterocycles. The van der Waals surface area contributed by atoms with E-state index in [0.717, 1.165) is 24.6 Å². The highest BCUT2D eigenvalue weighted by atomic mass is 16.3. The minimum absolute atomic E-state index is 0.344. The lowest BCUT2D eigenvalue weighted by Gasteiger charge is -2.13. The van der Waals surface area contributed by atoms with E-state index in [-0.39, 0.29) is 0 Å². The topological polar surface area (TPSA) is 32.3 Å². The Morgan fingerprint density at radius 3 is 2.60 bits per heavy atom. The lowest BCUT2D eigenvalue weighted by molar-refractivity contribution is 0.448. The van der Waals surface area contributed by atoms with Crippen LogP contribution in [0.4, 0.5) is 0 Å². The zero-order valence-corrected chi connectivity index (χ0v) is 9.66. The van der Waals surface area contributed by atoms with Gasteiger partial charge in [0.15, 0.2) is 0 Å². The molecule has 0 unspecified atom stereocenters. The van der Waals surface area contributed by atoms with Crippen LogP contribution in [-0.2, 0) is 6.54 Å². The highest BCUT2D eigenvalue weighted by Crippen LogP contribution is 2.11. The molecule has 0 bridgehead atoms. The third kappa shape index (κ3) is 4.34. The molecule has 0 aliphatic heterocycles.